The average Bonchev–Trinajstić information content (AvgIpc) is 2.69. The lowest BCUT2D eigenvalue weighted by molar-refractivity contribution is 0.473. The maximum atomic E-state index is 6.23. The molecule has 0 saturated carbocycles. The van der Waals surface area contributed by atoms with Gasteiger partial charge in [0, 0.05) is 5.57 Å². The van der Waals surface area contributed by atoms with Gasteiger partial charge in [0.2, 0.25) is 5.90 Å². The topological polar surface area (TPSA) is 30.8 Å². The van der Waals surface area contributed by atoms with E-state index in [2.05, 4.69) is 4.99 Å². The van der Waals surface area contributed by atoms with Crippen molar-refractivity contribution >= 4 is 23.2 Å². The molecule has 0 aliphatic carbocycles. The zero-order valence-electron chi connectivity index (χ0n) is 15.2. The second-order valence-electron chi connectivity index (χ2n) is 6.02. The second-order valence-corrected chi connectivity index (χ2v) is 6.42. The van der Waals surface area contributed by atoms with Gasteiger partial charge in [-0.15, -0.1) is 0 Å². The summed E-state index contributed by atoms with van der Waals surface area (Å²) in [4.78, 5) is 4.61. The molecule has 0 saturated heterocycles. The van der Waals surface area contributed by atoms with Crippen molar-refractivity contribution in [3.05, 3.63) is 101 Å². The Bertz CT molecular complexity index is 948. The third kappa shape index (κ3) is 5.47. The van der Waals surface area contributed by atoms with Gasteiger partial charge in [-0.3, -0.25) is 0 Å². The van der Waals surface area contributed by atoms with Crippen molar-refractivity contribution in [2.24, 2.45) is 4.99 Å². The summed E-state index contributed by atoms with van der Waals surface area (Å²) in [7, 11) is 0. The molecule has 0 aliphatic heterocycles. The summed E-state index contributed by atoms with van der Waals surface area (Å²) in [5.41, 5.74) is 2.69. The van der Waals surface area contributed by atoms with Crippen molar-refractivity contribution in [2.45, 2.75) is 13.8 Å². The number of aliphatic imine (C=N–C) groups is 1. The Hall–Kier alpha value is -3.04. The minimum atomic E-state index is 0.418. The summed E-state index contributed by atoms with van der Waals surface area (Å²) in [5.74, 6) is 1.70. The first-order valence-electron chi connectivity index (χ1n) is 8.58. The molecule has 0 fully saturated rings. The predicted octanol–water partition coefficient (Wildman–Crippen LogP) is 6.74. The van der Waals surface area contributed by atoms with Crippen LogP contribution < -0.4 is 9.47 Å². The van der Waals surface area contributed by atoms with E-state index in [4.69, 9.17) is 21.1 Å². The van der Waals surface area contributed by atoms with Crippen molar-refractivity contribution in [3.8, 4) is 11.5 Å². The summed E-state index contributed by atoms with van der Waals surface area (Å²) in [6.07, 6.45) is 1.63. The predicted molar refractivity (Wildman–Crippen MR) is 111 cm³/mol. The van der Waals surface area contributed by atoms with Crippen molar-refractivity contribution < 1.29 is 9.47 Å². The third-order valence-electron chi connectivity index (χ3n) is 3.76. The van der Waals surface area contributed by atoms with Crippen LogP contribution in [-0.4, -0.2) is 5.90 Å². The fraction of sp³-hybridized carbons (Fsp3) is 0.0870. The van der Waals surface area contributed by atoms with Crippen LogP contribution in [0.2, 0.25) is 5.02 Å². The van der Waals surface area contributed by atoms with E-state index < -0.39 is 0 Å². The molecule has 3 nitrogen and oxygen atoms in total. The summed E-state index contributed by atoms with van der Waals surface area (Å²) in [5, 5.41) is 0.519. The number of benzene rings is 3. The number of halogens is 1. The first-order chi connectivity index (χ1) is 13.1. The maximum Gasteiger partial charge on any atom is 0.225 e. The quantitative estimate of drug-likeness (QED) is 0.280. The zero-order chi connectivity index (χ0) is 19.1. The van der Waals surface area contributed by atoms with Crippen LogP contribution in [0.25, 0.3) is 0 Å². The Morgan fingerprint density at radius 1 is 0.889 bits per heavy atom. The Kier molecular flexibility index (Phi) is 6.29. The van der Waals surface area contributed by atoms with E-state index in [9.17, 15) is 0 Å². The molecule has 0 N–H and O–H groups in total. The van der Waals surface area contributed by atoms with Crippen LogP contribution in [0.15, 0.2) is 95.7 Å². The molecule has 0 atom stereocenters. The highest BCUT2D eigenvalue weighted by atomic mass is 35.5. The molecule has 27 heavy (non-hydrogen) atoms. The van der Waals surface area contributed by atoms with E-state index in [1.165, 1.54) is 5.56 Å². The molecule has 0 radical (unpaired) electrons. The first kappa shape index (κ1) is 18.7. The Morgan fingerprint density at radius 3 is 2.26 bits per heavy atom. The van der Waals surface area contributed by atoms with Gasteiger partial charge in [-0.05, 0) is 50.2 Å². The lowest BCUT2D eigenvalue weighted by Crippen LogP contribution is -2.11. The fourth-order valence-corrected chi connectivity index (χ4v) is 2.44. The summed E-state index contributed by atoms with van der Waals surface area (Å²) >= 11 is 6.23. The van der Waals surface area contributed by atoms with Gasteiger partial charge in [-0.2, -0.15) is 0 Å². The van der Waals surface area contributed by atoms with Crippen LogP contribution in [-0.2, 0) is 0 Å². The van der Waals surface area contributed by atoms with E-state index >= 15 is 0 Å². The van der Waals surface area contributed by atoms with E-state index in [1.54, 1.807) is 18.4 Å². The summed E-state index contributed by atoms with van der Waals surface area (Å²) in [6.45, 7) is 3.92. The molecule has 0 aliphatic rings. The molecule has 3 aromatic carbocycles. The largest absolute Gasteiger partial charge is 0.465 e. The first-order valence-corrected chi connectivity index (χ1v) is 8.96. The molecule has 0 unspecified atom stereocenters. The molecular formula is C23H20ClNO2. The molecule has 136 valence electrons. The van der Waals surface area contributed by atoms with Crippen molar-refractivity contribution in [3.63, 3.8) is 0 Å². The van der Waals surface area contributed by atoms with Crippen LogP contribution in [0.1, 0.15) is 12.5 Å². The molecule has 0 amide bonds. The van der Waals surface area contributed by atoms with Gasteiger partial charge < -0.3 is 9.47 Å². The number of ether oxygens (including phenoxy) is 2. The van der Waals surface area contributed by atoms with Crippen molar-refractivity contribution in [2.75, 3.05) is 0 Å². The molecule has 3 rings (SSSR count). The number of aryl methyl sites for hydroxylation is 1. The van der Waals surface area contributed by atoms with Crippen LogP contribution in [0.3, 0.4) is 0 Å². The maximum absolute atomic E-state index is 6.23. The van der Waals surface area contributed by atoms with Gasteiger partial charge in [0.05, 0.1) is 17.0 Å². The molecule has 0 heterocycles. The highest BCUT2D eigenvalue weighted by Gasteiger charge is 2.10. The van der Waals surface area contributed by atoms with Gasteiger partial charge in [0.25, 0.3) is 0 Å². The van der Waals surface area contributed by atoms with Gasteiger partial charge in [0.1, 0.15) is 11.5 Å². The number of rotatable bonds is 5. The number of para-hydroxylation sites is 2. The Labute approximate surface area is 164 Å². The van der Waals surface area contributed by atoms with Crippen molar-refractivity contribution in [1.82, 2.24) is 0 Å². The third-order valence-corrected chi connectivity index (χ3v) is 4.07. The summed E-state index contributed by atoms with van der Waals surface area (Å²) in [6, 6.07) is 24.7. The normalized spacial score (nSPS) is 12.0. The second kappa shape index (κ2) is 9.06. The van der Waals surface area contributed by atoms with Crippen molar-refractivity contribution in [1.29, 1.82) is 0 Å². The van der Waals surface area contributed by atoms with E-state index in [1.807, 2.05) is 80.6 Å². The highest BCUT2D eigenvalue weighted by Crippen LogP contribution is 2.25. The van der Waals surface area contributed by atoms with E-state index in [0.29, 0.717) is 16.7 Å². The van der Waals surface area contributed by atoms with Gasteiger partial charge >= 0.3 is 0 Å². The number of hydrogen-bond donors (Lipinski definition) is 0. The standard InChI is InChI=1S/C23H20ClNO2/c1-17-12-14-20(15-13-17)26-16-18(2)23(25-19-8-4-3-5-9-19)27-22-11-7-6-10-21(22)24/h3-16H,1-2H3. The van der Waals surface area contributed by atoms with Crippen LogP contribution in [0, 0.1) is 6.92 Å². The number of hydrogen-bond acceptors (Lipinski definition) is 3. The number of nitrogens with zero attached hydrogens (tertiary/aromatic N) is 1. The van der Waals surface area contributed by atoms with Crippen LogP contribution in [0.4, 0.5) is 5.69 Å². The van der Waals surface area contributed by atoms with Gasteiger partial charge in [0.15, 0.2) is 0 Å². The van der Waals surface area contributed by atoms with Crippen LogP contribution in [0.5, 0.6) is 11.5 Å². The van der Waals surface area contributed by atoms with Gasteiger partial charge in [-0.1, -0.05) is 59.6 Å². The fourth-order valence-electron chi connectivity index (χ4n) is 2.27. The smallest absolute Gasteiger partial charge is 0.225 e. The minimum Gasteiger partial charge on any atom is -0.465 e. The SMILES string of the molecule is CC(=COc1ccc(C)cc1)C(=Nc1ccccc1)Oc1ccccc1Cl. The molecule has 0 aromatic heterocycles. The average molecular weight is 378 g/mol. The van der Waals surface area contributed by atoms with E-state index in [0.717, 1.165) is 17.0 Å². The van der Waals surface area contributed by atoms with Gasteiger partial charge in [-0.25, -0.2) is 4.99 Å². The lowest BCUT2D eigenvalue weighted by Gasteiger charge is -2.11. The zero-order valence-corrected chi connectivity index (χ0v) is 16.0. The molecule has 3 aromatic rings. The molecule has 4 heteroatoms. The Balaban J connectivity index is 1.88. The van der Waals surface area contributed by atoms with E-state index in [-0.39, 0.29) is 0 Å². The minimum absolute atomic E-state index is 0.418. The monoisotopic (exact) mass is 377 g/mol. The van der Waals surface area contributed by atoms with Crippen LogP contribution >= 0.6 is 11.6 Å². The highest BCUT2D eigenvalue weighted by molar-refractivity contribution is 6.32. The lowest BCUT2D eigenvalue weighted by atomic mass is 10.2. The summed E-state index contributed by atoms with van der Waals surface area (Å²) < 4.78 is 11.7. The molecule has 0 spiro atoms. The molecular weight excluding hydrogens is 358 g/mol. The molecule has 0 bridgehead atoms. The Morgan fingerprint density at radius 2 is 1.56 bits per heavy atom.